The van der Waals surface area contributed by atoms with Gasteiger partial charge < -0.3 is 36.0 Å². The number of carbonyl (C=O) groups excluding carboxylic acids is 2. The molecule has 0 heterocycles. The first-order chi connectivity index (χ1) is 20.4. The third-order valence-corrected chi connectivity index (χ3v) is 9.84. The van der Waals surface area contributed by atoms with Gasteiger partial charge in [0.05, 0.1) is 19.3 Å². The average Bonchev–Trinajstić information content (AvgIpc) is 2.89. The molecule has 0 aromatic heterocycles. The molecule has 0 aliphatic rings. The summed E-state index contributed by atoms with van der Waals surface area (Å²) in [6.07, 6.45) is 2.82. The van der Waals surface area contributed by atoms with Crippen LogP contribution in [0, 0.1) is 17.8 Å². The van der Waals surface area contributed by atoms with Gasteiger partial charge in [0, 0.05) is 49.8 Å². The van der Waals surface area contributed by atoms with Gasteiger partial charge in [0.2, 0.25) is 0 Å². The van der Waals surface area contributed by atoms with Crippen LogP contribution in [-0.2, 0) is 45.6 Å². The van der Waals surface area contributed by atoms with Crippen molar-refractivity contribution in [1.82, 2.24) is 0 Å². The molecule has 0 rings (SSSR count). The summed E-state index contributed by atoms with van der Waals surface area (Å²) >= 11 is 0. The lowest BCUT2D eigenvalue weighted by atomic mass is 10.1. The molecule has 0 saturated heterocycles. The molecule has 44 heavy (non-hydrogen) atoms. The molecule has 0 bridgehead atoms. The highest BCUT2D eigenvalue weighted by atomic mass is 28.4. The van der Waals surface area contributed by atoms with Gasteiger partial charge >= 0.3 is 30.3 Å². The van der Waals surface area contributed by atoms with Crippen LogP contribution >= 0.6 is 0 Å². The number of hydrogen-bond donors (Lipinski definition) is 0. The summed E-state index contributed by atoms with van der Waals surface area (Å²) < 4.78 is 45.5. The Labute approximate surface area is 271 Å². The molecule has 0 fully saturated rings. The molecular weight excluding hydrogens is 601 g/mol. The molecule has 0 aliphatic heterocycles. The summed E-state index contributed by atoms with van der Waals surface area (Å²) in [7, 11) is -4.95. The standard InChI is InChI=1S/C18H36O5Si.C14H28O5Si/c1-14(2)11-21-24(22-12-15(3)4)23-13-17(7)9-8-10-20-18(19)16(5)6;1-8-14(15)16-9-10-20(17-11(2)3,18-12(4)5)19-13(6)7/h14-15,17,24H,5,8-13H2,1-4,6-7H3;8,11-13H,1,9-10H2,2-7H3. The SMILES string of the molecule is C=C(C)C(=O)OCCCC(C)CO[SiH](OCC(C)C)OCC(C)C.C=CC(=O)OCC[Si](OC(C)C)(OC(C)C)OC(C)C. The summed E-state index contributed by atoms with van der Waals surface area (Å²) in [5.41, 5.74) is 0.435. The molecule has 0 radical (unpaired) electrons. The highest BCUT2D eigenvalue weighted by molar-refractivity contribution is 6.61. The lowest BCUT2D eigenvalue weighted by Gasteiger charge is -2.34. The smallest absolute Gasteiger partial charge is 0.463 e. The van der Waals surface area contributed by atoms with Gasteiger partial charge in [-0.1, -0.05) is 47.8 Å². The maximum Gasteiger partial charge on any atom is 0.505 e. The van der Waals surface area contributed by atoms with Crippen LogP contribution in [0.4, 0.5) is 0 Å². The van der Waals surface area contributed by atoms with E-state index >= 15 is 0 Å². The fourth-order valence-electron chi connectivity index (χ4n) is 3.41. The van der Waals surface area contributed by atoms with Gasteiger partial charge in [-0.3, -0.25) is 0 Å². The van der Waals surface area contributed by atoms with E-state index in [0.717, 1.165) is 18.9 Å². The van der Waals surface area contributed by atoms with E-state index in [-0.39, 0.29) is 30.9 Å². The van der Waals surface area contributed by atoms with Crippen LogP contribution in [0.1, 0.15) is 95.9 Å². The van der Waals surface area contributed by atoms with Gasteiger partial charge in [-0.2, -0.15) is 0 Å². The minimum absolute atomic E-state index is 0.0192. The Morgan fingerprint density at radius 3 is 1.57 bits per heavy atom. The van der Waals surface area contributed by atoms with Crippen LogP contribution in [0.2, 0.25) is 6.04 Å². The largest absolute Gasteiger partial charge is 0.505 e. The fraction of sp³-hybridized carbons (Fsp3) is 0.812. The molecule has 0 aromatic rings. The Balaban J connectivity index is 0. The number of carbonyl (C=O) groups is 2. The highest BCUT2D eigenvalue weighted by Gasteiger charge is 2.44. The first-order valence-corrected chi connectivity index (χ1v) is 19.3. The van der Waals surface area contributed by atoms with Crippen molar-refractivity contribution >= 4 is 30.3 Å². The van der Waals surface area contributed by atoms with E-state index in [9.17, 15) is 9.59 Å². The number of rotatable bonds is 24. The van der Waals surface area contributed by atoms with Gasteiger partial charge in [-0.05, 0) is 79.1 Å². The molecule has 0 aromatic carbocycles. The topological polar surface area (TPSA) is 108 Å². The minimum atomic E-state index is -2.88. The molecule has 0 spiro atoms. The quantitative estimate of drug-likeness (QED) is 0.0489. The van der Waals surface area contributed by atoms with Crippen molar-refractivity contribution in [3.8, 4) is 0 Å². The summed E-state index contributed by atoms with van der Waals surface area (Å²) in [4.78, 5) is 22.4. The Morgan fingerprint density at radius 2 is 1.18 bits per heavy atom. The molecule has 260 valence electrons. The second kappa shape index (κ2) is 25.8. The minimum Gasteiger partial charge on any atom is -0.463 e. The monoisotopic (exact) mass is 664 g/mol. The van der Waals surface area contributed by atoms with Gasteiger partial charge in [0.25, 0.3) is 0 Å². The van der Waals surface area contributed by atoms with Crippen LogP contribution in [0.3, 0.4) is 0 Å². The third-order valence-electron chi connectivity index (χ3n) is 5.14. The predicted octanol–water partition coefficient (Wildman–Crippen LogP) is 6.53. The van der Waals surface area contributed by atoms with Gasteiger partial charge in [0.1, 0.15) is 0 Å². The molecule has 10 nitrogen and oxygen atoms in total. The van der Waals surface area contributed by atoms with Crippen LogP contribution in [-0.4, -0.2) is 81.6 Å². The lowest BCUT2D eigenvalue weighted by molar-refractivity contribution is -0.139. The number of esters is 2. The molecular formula is C32H64O10Si2. The molecule has 0 N–H and O–H groups in total. The zero-order valence-electron chi connectivity index (χ0n) is 29.8. The lowest BCUT2D eigenvalue weighted by Crippen LogP contribution is -2.51. The van der Waals surface area contributed by atoms with Gasteiger partial charge in [-0.25, -0.2) is 9.59 Å². The second-order valence-electron chi connectivity index (χ2n) is 12.5. The van der Waals surface area contributed by atoms with E-state index in [4.69, 9.17) is 36.0 Å². The van der Waals surface area contributed by atoms with Crippen molar-refractivity contribution in [2.24, 2.45) is 17.8 Å². The van der Waals surface area contributed by atoms with Crippen LogP contribution < -0.4 is 0 Å². The van der Waals surface area contributed by atoms with Crippen molar-refractivity contribution in [1.29, 1.82) is 0 Å². The third kappa shape index (κ3) is 27.0. The summed E-state index contributed by atoms with van der Waals surface area (Å²) in [5.74, 6) is 0.522. The Bertz CT molecular complexity index is 748. The number of ether oxygens (including phenoxy) is 2. The Morgan fingerprint density at radius 1 is 0.727 bits per heavy atom. The molecule has 1 unspecified atom stereocenters. The first kappa shape index (κ1) is 44.7. The van der Waals surface area contributed by atoms with E-state index in [0.29, 0.717) is 55.8 Å². The molecule has 12 heteroatoms. The van der Waals surface area contributed by atoms with Crippen molar-refractivity contribution in [3.05, 3.63) is 24.8 Å². The summed E-state index contributed by atoms with van der Waals surface area (Å²) in [6, 6.07) is 0.432. The van der Waals surface area contributed by atoms with Gasteiger partial charge in [-0.15, -0.1) is 0 Å². The molecule has 0 saturated carbocycles. The van der Waals surface area contributed by atoms with Crippen molar-refractivity contribution in [2.45, 2.75) is 120 Å². The number of hydrogen-bond acceptors (Lipinski definition) is 10. The normalized spacial score (nSPS) is 12.6. The molecule has 0 amide bonds. The summed E-state index contributed by atoms with van der Waals surface area (Å²) in [5, 5.41) is 0. The van der Waals surface area contributed by atoms with E-state index < -0.39 is 24.3 Å². The van der Waals surface area contributed by atoms with Crippen LogP contribution in [0.25, 0.3) is 0 Å². The molecule has 0 aliphatic carbocycles. The zero-order valence-corrected chi connectivity index (χ0v) is 31.9. The predicted molar refractivity (Wildman–Crippen MR) is 179 cm³/mol. The van der Waals surface area contributed by atoms with Crippen LogP contribution in [0.5, 0.6) is 0 Å². The average molecular weight is 665 g/mol. The first-order valence-electron chi connectivity index (χ1n) is 15.9. The van der Waals surface area contributed by atoms with E-state index in [2.05, 4.69) is 47.8 Å². The van der Waals surface area contributed by atoms with E-state index in [1.54, 1.807) is 6.92 Å². The van der Waals surface area contributed by atoms with Gasteiger partial charge in [0.15, 0.2) is 0 Å². The van der Waals surface area contributed by atoms with Crippen LogP contribution in [0.15, 0.2) is 24.8 Å². The van der Waals surface area contributed by atoms with Crippen molar-refractivity contribution in [3.63, 3.8) is 0 Å². The Kier molecular flexibility index (Phi) is 26.2. The van der Waals surface area contributed by atoms with Crippen molar-refractivity contribution in [2.75, 3.05) is 33.0 Å². The van der Waals surface area contributed by atoms with E-state index in [1.807, 2.05) is 41.5 Å². The molecule has 1 atom stereocenters. The summed E-state index contributed by atoms with van der Waals surface area (Å²) in [6.45, 7) is 33.3. The zero-order chi connectivity index (χ0) is 34.3. The fourth-order valence-corrected chi connectivity index (χ4v) is 8.29. The van der Waals surface area contributed by atoms with E-state index in [1.165, 1.54) is 0 Å². The highest BCUT2D eigenvalue weighted by Crippen LogP contribution is 2.22. The second-order valence-corrected chi connectivity index (χ2v) is 16.7. The maximum atomic E-state index is 11.3. The maximum absolute atomic E-state index is 11.3. The van der Waals surface area contributed by atoms with Crippen molar-refractivity contribution < 1.29 is 45.6 Å². The Hall–Kier alpha value is -1.39.